The largest absolute Gasteiger partial charge is 0.504 e. The maximum Gasteiger partial charge on any atom is 0.254 e. The van der Waals surface area contributed by atoms with Crippen LogP contribution in [-0.4, -0.2) is 38.6 Å². The van der Waals surface area contributed by atoms with Gasteiger partial charge in [-0.25, -0.2) is 4.98 Å². The third-order valence-electron chi connectivity index (χ3n) is 4.76. The van der Waals surface area contributed by atoms with Crippen molar-refractivity contribution in [3.63, 3.8) is 0 Å². The smallest absolute Gasteiger partial charge is 0.254 e. The number of phenols is 1. The maximum atomic E-state index is 12.5. The molecule has 0 radical (unpaired) electrons. The number of phenolic OH excluding ortho intramolecular Hbond substituents is 1. The number of methoxy groups -OCH3 is 1. The van der Waals surface area contributed by atoms with Crippen molar-refractivity contribution in [2.24, 2.45) is 0 Å². The highest BCUT2D eigenvalue weighted by atomic mass is 16.5. The van der Waals surface area contributed by atoms with Gasteiger partial charge in [-0.3, -0.25) is 14.7 Å². The van der Waals surface area contributed by atoms with Crippen molar-refractivity contribution >= 4 is 0 Å². The molecule has 7 nitrogen and oxygen atoms in total. The van der Waals surface area contributed by atoms with E-state index in [4.69, 9.17) is 4.74 Å². The van der Waals surface area contributed by atoms with Crippen molar-refractivity contribution < 1.29 is 9.84 Å². The van der Waals surface area contributed by atoms with Crippen molar-refractivity contribution in [3.8, 4) is 22.9 Å². The molecule has 0 atom stereocenters. The fourth-order valence-corrected chi connectivity index (χ4v) is 3.37. The minimum atomic E-state index is -0.0754. The molecular weight excluding hydrogens is 344 g/mol. The SMILES string of the molecule is COc1ccc(CN2CCc3c(nc(-c4ccncc4)[nH]c3=O)C2)cc1O. The number of ether oxygens (including phenoxy) is 1. The summed E-state index contributed by atoms with van der Waals surface area (Å²) in [5.41, 5.74) is 3.29. The zero-order valence-corrected chi connectivity index (χ0v) is 15.0. The van der Waals surface area contributed by atoms with Gasteiger partial charge < -0.3 is 14.8 Å². The van der Waals surface area contributed by atoms with Gasteiger partial charge in [0.1, 0.15) is 5.82 Å². The van der Waals surface area contributed by atoms with E-state index in [1.165, 1.54) is 7.11 Å². The minimum Gasteiger partial charge on any atom is -0.504 e. The van der Waals surface area contributed by atoms with E-state index < -0.39 is 0 Å². The number of benzene rings is 1. The van der Waals surface area contributed by atoms with E-state index in [1.807, 2.05) is 18.2 Å². The first-order valence-corrected chi connectivity index (χ1v) is 8.75. The first-order valence-electron chi connectivity index (χ1n) is 8.75. The Morgan fingerprint density at radius 2 is 2.07 bits per heavy atom. The van der Waals surface area contributed by atoms with Crippen LogP contribution < -0.4 is 10.3 Å². The van der Waals surface area contributed by atoms with Gasteiger partial charge in [-0.15, -0.1) is 0 Å². The Balaban J connectivity index is 1.58. The van der Waals surface area contributed by atoms with Crippen LogP contribution in [0.2, 0.25) is 0 Å². The average Bonchev–Trinajstić information content (AvgIpc) is 2.68. The van der Waals surface area contributed by atoms with Crippen LogP contribution in [0, 0.1) is 0 Å². The Morgan fingerprint density at radius 3 is 2.81 bits per heavy atom. The molecular formula is C20H20N4O3. The van der Waals surface area contributed by atoms with Crippen molar-refractivity contribution in [1.82, 2.24) is 19.9 Å². The van der Waals surface area contributed by atoms with Crippen LogP contribution in [-0.2, 0) is 19.5 Å². The van der Waals surface area contributed by atoms with Crippen LogP contribution in [0.5, 0.6) is 11.5 Å². The summed E-state index contributed by atoms with van der Waals surface area (Å²) in [7, 11) is 1.53. The van der Waals surface area contributed by atoms with Gasteiger partial charge in [0.25, 0.3) is 5.56 Å². The summed E-state index contributed by atoms with van der Waals surface area (Å²) in [4.78, 5) is 26.2. The summed E-state index contributed by atoms with van der Waals surface area (Å²) < 4.78 is 5.09. The summed E-state index contributed by atoms with van der Waals surface area (Å²) in [5.74, 6) is 1.14. The Labute approximate surface area is 156 Å². The molecule has 2 aromatic heterocycles. The average molecular weight is 364 g/mol. The molecule has 0 bridgehead atoms. The van der Waals surface area contributed by atoms with Crippen LogP contribution in [0.3, 0.4) is 0 Å². The first kappa shape index (κ1) is 17.2. The molecule has 0 saturated heterocycles. The Bertz CT molecular complexity index is 1020. The van der Waals surface area contributed by atoms with Gasteiger partial charge in [0.15, 0.2) is 11.5 Å². The molecule has 7 heteroatoms. The predicted molar refractivity (Wildman–Crippen MR) is 101 cm³/mol. The number of nitrogens with one attached hydrogen (secondary N) is 1. The van der Waals surface area contributed by atoms with Crippen LogP contribution >= 0.6 is 0 Å². The molecule has 0 amide bonds. The minimum absolute atomic E-state index is 0.0754. The van der Waals surface area contributed by atoms with E-state index in [0.717, 1.165) is 28.9 Å². The number of aromatic nitrogens is 3. The number of rotatable bonds is 4. The lowest BCUT2D eigenvalue weighted by Gasteiger charge is -2.27. The van der Waals surface area contributed by atoms with E-state index in [-0.39, 0.29) is 11.3 Å². The van der Waals surface area contributed by atoms with Crippen molar-refractivity contribution in [3.05, 3.63) is 69.9 Å². The van der Waals surface area contributed by atoms with Crippen molar-refractivity contribution in [1.29, 1.82) is 0 Å². The fraction of sp³-hybridized carbons (Fsp3) is 0.250. The Morgan fingerprint density at radius 1 is 1.26 bits per heavy atom. The lowest BCUT2D eigenvalue weighted by atomic mass is 10.0. The molecule has 0 spiro atoms. The second-order valence-corrected chi connectivity index (χ2v) is 6.54. The first-order chi connectivity index (χ1) is 13.1. The maximum absolute atomic E-state index is 12.5. The summed E-state index contributed by atoms with van der Waals surface area (Å²) in [5, 5.41) is 9.97. The molecule has 0 aliphatic carbocycles. The number of hydrogen-bond donors (Lipinski definition) is 2. The van der Waals surface area contributed by atoms with Gasteiger partial charge in [-0.2, -0.15) is 0 Å². The van der Waals surface area contributed by atoms with Gasteiger partial charge in [0.2, 0.25) is 0 Å². The number of aromatic amines is 1. The fourth-order valence-electron chi connectivity index (χ4n) is 3.37. The Kier molecular flexibility index (Phi) is 4.60. The molecule has 3 heterocycles. The van der Waals surface area contributed by atoms with Crippen molar-refractivity contribution in [2.45, 2.75) is 19.5 Å². The molecule has 2 N–H and O–H groups in total. The standard InChI is InChI=1S/C20H20N4O3/c1-27-18-3-2-13(10-17(18)25)11-24-9-6-15-16(12-24)22-19(23-20(15)26)14-4-7-21-8-5-14/h2-5,7-8,10,25H,6,9,11-12H2,1H3,(H,22,23,26). The topological polar surface area (TPSA) is 91.3 Å². The molecule has 3 aromatic rings. The molecule has 0 fully saturated rings. The summed E-state index contributed by atoms with van der Waals surface area (Å²) in [6.07, 6.45) is 4.00. The van der Waals surface area contributed by atoms with E-state index in [9.17, 15) is 9.90 Å². The quantitative estimate of drug-likeness (QED) is 0.737. The zero-order chi connectivity index (χ0) is 18.8. The number of nitrogens with zero attached hydrogens (tertiary/aromatic N) is 3. The lowest BCUT2D eigenvalue weighted by molar-refractivity contribution is 0.240. The van der Waals surface area contributed by atoms with Gasteiger partial charge in [0, 0.05) is 43.2 Å². The molecule has 4 rings (SSSR count). The summed E-state index contributed by atoms with van der Waals surface area (Å²) in [6.45, 7) is 2.01. The second-order valence-electron chi connectivity index (χ2n) is 6.54. The predicted octanol–water partition coefficient (Wildman–Crippen LogP) is 2.10. The van der Waals surface area contributed by atoms with Crippen LogP contribution in [0.4, 0.5) is 0 Å². The van der Waals surface area contributed by atoms with Gasteiger partial charge >= 0.3 is 0 Å². The number of pyridine rings is 1. The third kappa shape index (κ3) is 3.54. The van der Waals surface area contributed by atoms with Gasteiger partial charge in [-0.1, -0.05) is 6.07 Å². The zero-order valence-electron chi connectivity index (χ0n) is 15.0. The molecule has 27 heavy (non-hydrogen) atoms. The molecule has 138 valence electrons. The van der Waals surface area contributed by atoms with Crippen molar-refractivity contribution in [2.75, 3.05) is 13.7 Å². The third-order valence-corrected chi connectivity index (χ3v) is 4.76. The molecule has 0 saturated carbocycles. The Hall–Kier alpha value is -3.19. The second kappa shape index (κ2) is 7.20. The summed E-state index contributed by atoms with van der Waals surface area (Å²) >= 11 is 0. The summed E-state index contributed by atoms with van der Waals surface area (Å²) in [6, 6.07) is 9.05. The van der Waals surface area contributed by atoms with Gasteiger partial charge in [-0.05, 0) is 36.2 Å². The molecule has 1 aromatic carbocycles. The van der Waals surface area contributed by atoms with E-state index in [0.29, 0.717) is 31.1 Å². The molecule has 0 unspecified atom stereocenters. The molecule has 1 aliphatic heterocycles. The highest BCUT2D eigenvalue weighted by Crippen LogP contribution is 2.27. The normalized spacial score (nSPS) is 14.0. The van der Waals surface area contributed by atoms with E-state index >= 15 is 0 Å². The number of H-pyrrole nitrogens is 1. The van der Waals surface area contributed by atoms with E-state index in [2.05, 4.69) is 19.9 Å². The molecule has 1 aliphatic rings. The van der Waals surface area contributed by atoms with Gasteiger partial charge in [0.05, 0.1) is 12.8 Å². The van der Waals surface area contributed by atoms with Crippen LogP contribution in [0.1, 0.15) is 16.8 Å². The van der Waals surface area contributed by atoms with Crippen LogP contribution in [0.25, 0.3) is 11.4 Å². The number of fused-ring (bicyclic) bond motifs is 1. The lowest BCUT2D eigenvalue weighted by Crippen LogP contribution is -2.35. The highest BCUT2D eigenvalue weighted by Gasteiger charge is 2.21. The monoisotopic (exact) mass is 364 g/mol. The van der Waals surface area contributed by atoms with E-state index in [1.54, 1.807) is 24.5 Å². The number of aromatic hydroxyl groups is 1. The number of hydrogen-bond acceptors (Lipinski definition) is 6. The van der Waals surface area contributed by atoms with Crippen LogP contribution in [0.15, 0.2) is 47.5 Å². The highest BCUT2D eigenvalue weighted by molar-refractivity contribution is 5.54.